The predicted molar refractivity (Wildman–Crippen MR) is 87.2 cm³/mol. The van der Waals surface area contributed by atoms with Crippen molar-refractivity contribution < 1.29 is 4.74 Å². The van der Waals surface area contributed by atoms with Crippen LogP contribution in [0.5, 0.6) is 0 Å². The van der Waals surface area contributed by atoms with E-state index in [-0.39, 0.29) is 0 Å². The van der Waals surface area contributed by atoms with Crippen molar-refractivity contribution in [1.29, 1.82) is 0 Å². The summed E-state index contributed by atoms with van der Waals surface area (Å²) in [6.07, 6.45) is 6.94. The fourth-order valence-electron chi connectivity index (χ4n) is 3.62. The summed E-state index contributed by atoms with van der Waals surface area (Å²) in [5.74, 6) is 1.77. The smallest absolute Gasteiger partial charge is 0.0593 e. The van der Waals surface area contributed by atoms with Gasteiger partial charge in [-0.2, -0.15) is 0 Å². The van der Waals surface area contributed by atoms with Crippen LogP contribution in [0, 0.1) is 11.8 Å². The Morgan fingerprint density at radius 1 is 1.20 bits per heavy atom. The van der Waals surface area contributed by atoms with Crippen molar-refractivity contribution in [2.24, 2.45) is 11.8 Å². The molecular weight excluding hydrogens is 248 g/mol. The molecule has 3 atom stereocenters. The summed E-state index contributed by atoms with van der Waals surface area (Å²) >= 11 is 0. The molecule has 0 heterocycles. The molecule has 0 amide bonds. The van der Waals surface area contributed by atoms with Gasteiger partial charge >= 0.3 is 0 Å². The summed E-state index contributed by atoms with van der Waals surface area (Å²) in [5, 5.41) is 3.71. The Morgan fingerprint density at radius 2 is 2.00 bits per heavy atom. The van der Waals surface area contributed by atoms with Gasteiger partial charge < -0.3 is 15.0 Å². The standard InChI is InChI=1S/C17H36N2O/c1-5-8-15-9-10-17(18-6-2)16(13-15)14-19(4)11-12-20-7-3/h15-18H,5-14H2,1-4H3. The van der Waals surface area contributed by atoms with Crippen LogP contribution < -0.4 is 5.32 Å². The topological polar surface area (TPSA) is 24.5 Å². The summed E-state index contributed by atoms with van der Waals surface area (Å²) in [4.78, 5) is 2.46. The molecule has 120 valence electrons. The highest BCUT2D eigenvalue weighted by molar-refractivity contribution is 4.86. The number of hydrogen-bond acceptors (Lipinski definition) is 3. The highest BCUT2D eigenvalue weighted by atomic mass is 16.5. The molecule has 3 unspecified atom stereocenters. The quantitative estimate of drug-likeness (QED) is 0.624. The van der Waals surface area contributed by atoms with Gasteiger partial charge in [-0.3, -0.25) is 0 Å². The maximum absolute atomic E-state index is 5.47. The molecule has 3 heteroatoms. The van der Waals surface area contributed by atoms with E-state index in [0.717, 1.165) is 44.2 Å². The van der Waals surface area contributed by atoms with E-state index in [0.29, 0.717) is 0 Å². The molecule has 1 fully saturated rings. The molecule has 0 bridgehead atoms. The van der Waals surface area contributed by atoms with Gasteiger partial charge in [0.05, 0.1) is 6.61 Å². The predicted octanol–water partition coefficient (Wildman–Crippen LogP) is 3.15. The summed E-state index contributed by atoms with van der Waals surface area (Å²) in [7, 11) is 2.24. The molecule has 0 radical (unpaired) electrons. The first-order valence-corrected chi connectivity index (χ1v) is 8.70. The van der Waals surface area contributed by atoms with Gasteiger partial charge in [-0.15, -0.1) is 0 Å². The minimum atomic E-state index is 0.725. The van der Waals surface area contributed by atoms with Crippen LogP contribution in [0.25, 0.3) is 0 Å². The number of ether oxygens (including phenoxy) is 1. The zero-order valence-corrected chi connectivity index (χ0v) is 14.2. The lowest BCUT2D eigenvalue weighted by atomic mass is 9.76. The lowest BCUT2D eigenvalue weighted by Gasteiger charge is -2.38. The molecule has 3 nitrogen and oxygen atoms in total. The van der Waals surface area contributed by atoms with E-state index in [9.17, 15) is 0 Å². The molecule has 0 spiro atoms. The molecule has 0 aromatic carbocycles. The fraction of sp³-hybridized carbons (Fsp3) is 1.00. The third-order valence-electron chi connectivity index (χ3n) is 4.62. The van der Waals surface area contributed by atoms with E-state index in [2.05, 4.69) is 38.0 Å². The van der Waals surface area contributed by atoms with Crippen molar-refractivity contribution in [3.63, 3.8) is 0 Å². The number of rotatable bonds is 10. The lowest BCUT2D eigenvalue weighted by molar-refractivity contribution is 0.100. The molecule has 1 rings (SSSR count). The second kappa shape index (κ2) is 10.6. The normalized spacial score (nSPS) is 27.1. The van der Waals surface area contributed by atoms with Crippen molar-refractivity contribution in [2.45, 2.75) is 58.9 Å². The molecule has 0 aromatic rings. The zero-order chi connectivity index (χ0) is 14.8. The van der Waals surface area contributed by atoms with Gasteiger partial charge in [0, 0.05) is 25.7 Å². The first-order valence-electron chi connectivity index (χ1n) is 8.70. The van der Waals surface area contributed by atoms with Crippen molar-refractivity contribution in [3.05, 3.63) is 0 Å². The molecule has 1 N–H and O–H groups in total. The molecule has 0 aromatic heterocycles. The van der Waals surface area contributed by atoms with Gasteiger partial charge in [0.15, 0.2) is 0 Å². The number of hydrogen-bond donors (Lipinski definition) is 1. The van der Waals surface area contributed by atoms with E-state index in [1.54, 1.807) is 0 Å². The van der Waals surface area contributed by atoms with Crippen LogP contribution in [-0.2, 0) is 4.74 Å². The van der Waals surface area contributed by atoms with Crippen LogP contribution in [0.2, 0.25) is 0 Å². The Morgan fingerprint density at radius 3 is 2.65 bits per heavy atom. The number of likely N-dealkylation sites (N-methyl/N-ethyl adjacent to an activating group) is 1. The van der Waals surface area contributed by atoms with Crippen molar-refractivity contribution in [3.8, 4) is 0 Å². The lowest BCUT2D eigenvalue weighted by Crippen LogP contribution is -2.45. The summed E-state index contributed by atoms with van der Waals surface area (Å²) in [6, 6.07) is 0.725. The van der Waals surface area contributed by atoms with E-state index >= 15 is 0 Å². The summed E-state index contributed by atoms with van der Waals surface area (Å²) in [5.41, 5.74) is 0. The van der Waals surface area contributed by atoms with E-state index in [1.165, 1.54) is 38.6 Å². The van der Waals surface area contributed by atoms with Crippen LogP contribution in [0.3, 0.4) is 0 Å². The SMILES string of the molecule is CCCC1CCC(NCC)C(CN(C)CCOCC)C1. The van der Waals surface area contributed by atoms with Crippen LogP contribution in [0.15, 0.2) is 0 Å². The highest BCUT2D eigenvalue weighted by Gasteiger charge is 2.30. The minimum absolute atomic E-state index is 0.725. The molecule has 0 saturated heterocycles. The van der Waals surface area contributed by atoms with Gasteiger partial charge in [-0.1, -0.05) is 26.7 Å². The zero-order valence-electron chi connectivity index (χ0n) is 14.2. The maximum atomic E-state index is 5.47. The molecule has 0 aliphatic heterocycles. The summed E-state index contributed by atoms with van der Waals surface area (Å²) in [6.45, 7) is 11.7. The second-order valence-electron chi connectivity index (χ2n) is 6.35. The van der Waals surface area contributed by atoms with E-state index in [1.807, 2.05) is 0 Å². The Labute approximate surface area is 126 Å². The second-order valence-corrected chi connectivity index (χ2v) is 6.35. The van der Waals surface area contributed by atoms with E-state index < -0.39 is 0 Å². The van der Waals surface area contributed by atoms with Crippen LogP contribution in [-0.4, -0.2) is 50.8 Å². The molecule has 1 aliphatic carbocycles. The number of nitrogens with one attached hydrogen (secondary N) is 1. The van der Waals surface area contributed by atoms with Crippen LogP contribution >= 0.6 is 0 Å². The Balaban J connectivity index is 2.41. The van der Waals surface area contributed by atoms with Crippen molar-refractivity contribution >= 4 is 0 Å². The highest BCUT2D eigenvalue weighted by Crippen LogP contribution is 2.32. The van der Waals surface area contributed by atoms with Gasteiger partial charge in [0.1, 0.15) is 0 Å². The maximum Gasteiger partial charge on any atom is 0.0593 e. The van der Waals surface area contributed by atoms with Crippen molar-refractivity contribution in [2.75, 3.05) is 39.9 Å². The fourth-order valence-corrected chi connectivity index (χ4v) is 3.62. The monoisotopic (exact) mass is 284 g/mol. The third kappa shape index (κ3) is 6.55. The first-order chi connectivity index (χ1) is 9.71. The first kappa shape index (κ1) is 17.9. The largest absolute Gasteiger partial charge is 0.380 e. The van der Waals surface area contributed by atoms with Gasteiger partial charge in [0.2, 0.25) is 0 Å². The van der Waals surface area contributed by atoms with Crippen LogP contribution in [0.1, 0.15) is 52.9 Å². The Hall–Kier alpha value is -0.120. The molecular formula is C17H36N2O. The Bertz CT molecular complexity index is 235. The van der Waals surface area contributed by atoms with Crippen molar-refractivity contribution in [1.82, 2.24) is 10.2 Å². The van der Waals surface area contributed by atoms with Crippen LogP contribution in [0.4, 0.5) is 0 Å². The molecule has 1 aliphatic rings. The summed E-state index contributed by atoms with van der Waals surface area (Å²) < 4.78 is 5.47. The molecule has 1 saturated carbocycles. The third-order valence-corrected chi connectivity index (χ3v) is 4.62. The van der Waals surface area contributed by atoms with Gasteiger partial charge in [-0.05, 0) is 51.6 Å². The minimum Gasteiger partial charge on any atom is -0.380 e. The Kier molecular flexibility index (Phi) is 9.49. The molecule has 20 heavy (non-hydrogen) atoms. The van der Waals surface area contributed by atoms with Gasteiger partial charge in [0.25, 0.3) is 0 Å². The van der Waals surface area contributed by atoms with E-state index in [4.69, 9.17) is 4.74 Å². The van der Waals surface area contributed by atoms with Gasteiger partial charge in [-0.25, -0.2) is 0 Å². The average Bonchev–Trinajstić information content (AvgIpc) is 2.42. The number of nitrogens with zero attached hydrogens (tertiary/aromatic N) is 1. The average molecular weight is 284 g/mol.